The van der Waals surface area contributed by atoms with Gasteiger partial charge in [0.1, 0.15) is 29.5 Å². The number of carbonyl (C=O) groups is 6. The van der Waals surface area contributed by atoms with E-state index in [0.29, 0.717) is 5.56 Å². The first-order valence-electron chi connectivity index (χ1n) is 22.4. The van der Waals surface area contributed by atoms with Crippen LogP contribution in [0, 0.1) is 28.6 Å². The minimum atomic E-state index is -2.90. The number of benzene rings is 2. The summed E-state index contributed by atoms with van der Waals surface area (Å²) in [7, 11) is -2.90. The van der Waals surface area contributed by atoms with Crippen molar-refractivity contribution in [2.75, 3.05) is 6.61 Å². The number of hydrogen-bond donors (Lipinski definition) is 3. The molecule has 3 unspecified atom stereocenters. The Kier molecular flexibility index (Phi) is 13.3. The van der Waals surface area contributed by atoms with Gasteiger partial charge in [0.25, 0.3) is 0 Å². The van der Waals surface area contributed by atoms with Gasteiger partial charge in [-0.25, -0.2) is 14.4 Å². The monoisotopic (exact) mass is 921 g/mol. The predicted octanol–water partition coefficient (Wildman–Crippen LogP) is 6.43. The molecule has 2 aromatic carbocycles. The maximum atomic E-state index is 15.2. The third kappa shape index (κ3) is 8.81. The largest absolute Gasteiger partial charge is 0.460 e. The van der Waals surface area contributed by atoms with Gasteiger partial charge in [-0.2, -0.15) is 0 Å². The minimum Gasteiger partial charge on any atom is -0.460 e. The second-order valence-corrected chi connectivity index (χ2v) is 26.5. The van der Waals surface area contributed by atoms with Gasteiger partial charge in [0.15, 0.2) is 20.0 Å². The fourth-order valence-corrected chi connectivity index (χ4v) is 11.7. The summed E-state index contributed by atoms with van der Waals surface area (Å²) in [6.07, 6.45) is -8.68. The van der Waals surface area contributed by atoms with Gasteiger partial charge in [0, 0.05) is 37.0 Å². The quantitative estimate of drug-likeness (QED) is 0.102. The van der Waals surface area contributed by atoms with Crippen molar-refractivity contribution in [1.29, 1.82) is 0 Å². The Morgan fingerprint density at radius 3 is 2.02 bits per heavy atom. The lowest BCUT2D eigenvalue weighted by atomic mass is 9.42. The van der Waals surface area contributed by atoms with Crippen molar-refractivity contribution in [2.45, 2.75) is 160 Å². The summed E-state index contributed by atoms with van der Waals surface area (Å²) < 4.78 is 37.4. The highest BCUT2D eigenvalue weighted by Gasteiger charge is 2.79. The van der Waals surface area contributed by atoms with E-state index in [1.54, 1.807) is 90.1 Å². The highest BCUT2D eigenvalue weighted by Crippen LogP contribution is 2.64. The molecule has 4 fully saturated rings. The Morgan fingerprint density at radius 1 is 0.908 bits per heavy atom. The molecule has 1 aliphatic heterocycles. The zero-order valence-electron chi connectivity index (χ0n) is 39.9. The number of ether oxygens (including phenoxy) is 5. The van der Waals surface area contributed by atoms with Crippen molar-refractivity contribution in [1.82, 2.24) is 5.32 Å². The zero-order valence-corrected chi connectivity index (χ0v) is 40.9. The van der Waals surface area contributed by atoms with Gasteiger partial charge in [0.05, 0.1) is 35.6 Å². The van der Waals surface area contributed by atoms with E-state index in [9.17, 15) is 24.6 Å². The van der Waals surface area contributed by atoms with Crippen LogP contribution in [0.3, 0.4) is 0 Å². The molecule has 12 atom stereocenters. The lowest BCUT2D eigenvalue weighted by Gasteiger charge is -2.67. The highest BCUT2D eigenvalue weighted by molar-refractivity contribution is 6.74. The second-order valence-electron chi connectivity index (χ2n) is 21.7. The predicted molar refractivity (Wildman–Crippen MR) is 239 cm³/mol. The smallest absolute Gasteiger partial charge is 0.408 e. The van der Waals surface area contributed by atoms with E-state index >= 15 is 14.4 Å². The van der Waals surface area contributed by atoms with Gasteiger partial charge in [-0.1, -0.05) is 90.1 Å². The van der Waals surface area contributed by atoms with Gasteiger partial charge >= 0.3 is 24.0 Å². The molecule has 6 rings (SSSR count). The summed E-state index contributed by atoms with van der Waals surface area (Å²) in [5.41, 5.74) is -8.06. The van der Waals surface area contributed by atoms with Crippen LogP contribution in [0.1, 0.15) is 111 Å². The van der Waals surface area contributed by atoms with Crippen molar-refractivity contribution >= 4 is 43.9 Å². The first-order chi connectivity index (χ1) is 29.9. The Labute approximate surface area is 382 Å². The third-order valence-corrected chi connectivity index (χ3v) is 19.5. The van der Waals surface area contributed by atoms with Crippen molar-refractivity contribution < 1.29 is 67.1 Å². The summed E-state index contributed by atoms with van der Waals surface area (Å²) in [4.78, 5) is 86.4. The maximum absolute atomic E-state index is 15.2. The Morgan fingerprint density at radius 2 is 1.49 bits per heavy atom. The van der Waals surface area contributed by atoms with Crippen LogP contribution in [0.2, 0.25) is 18.1 Å². The van der Waals surface area contributed by atoms with Gasteiger partial charge in [-0.05, 0) is 63.5 Å². The number of fused-ring (bicyclic) bond motifs is 5. The molecule has 1 heterocycles. The number of nitrogens with one attached hydrogen (secondary N) is 1. The Bertz CT molecular complexity index is 2170. The van der Waals surface area contributed by atoms with E-state index in [2.05, 4.69) is 5.32 Å². The van der Waals surface area contributed by atoms with E-state index in [1.165, 1.54) is 26.0 Å². The average molecular weight is 922 g/mol. The fraction of sp³-hybridized carbons (Fsp3) is 0.633. The molecule has 3 saturated carbocycles. The fourth-order valence-electron chi connectivity index (χ4n) is 10.5. The van der Waals surface area contributed by atoms with Gasteiger partial charge < -0.3 is 43.6 Å². The molecule has 0 aromatic heterocycles. The summed E-state index contributed by atoms with van der Waals surface area (Å²) >= 11 is 0. The molecule has 1 saturated heterocycles. The number of ketones is 2. The minimum absolute atomic E-state index is 0.0955. The number of Topliss-reactive ketones (excluding diaryl/α,β-unsaturated/α-hetero) is 2. The van der Waals surface area contributed by atoms with Crippen LogP contribution in [0.4, 0.5) is 4.79 Å². The zero-order chi connectivity index (χ0) is 48.5. The number of alkyl carbamates (subject to hydrolysis) is 1. The number of hydrogen-bond acceptors (Lipinski definition) is 14. The second kappa shape index (κ2) is 17.3. The number of aliphatic hydroxyl groups excluding tert-OH is 1. The molecule has 3 N–H and O–H groups in total. The summed E-state index contributed by atoms with van der Waals surface area (Å²) in [6, 6.07) is 15.5. The number of aliphatic hydroxyl groups is 2. The molecule has 0 spiro atoms. The lowest BCUT2D eigenvalue weighted by molar-refractivity contribution is -0.350. The Balaban J connectivity index is 1.53. The maximum Gasteiger partial charge on any atom is 0.408 e. The molecule has 0 radical (unpaired) electrons. The molecule has 4 aliphatic rings. The highest BCUT2D eigenvalue weighted by atomic mass is 28.4. The summed E-state index contributed by atoms with van der Waals surface area (Å²) in [5, 5.41) is 28.2. The normalized spacial score (nSPS) is 33.0. The van der Waals surface area contributed by atoms with Crippen molar-refractivity contribution in [3.05, 3.63) is 71.8 Å². The van der Waals surface area contributed by atoms with Crippen LogP contribution >= 0.6 is 0 Å². The van der Waals surface area contributed by atoms with E-state index in [0.717, 1.165) is 0 Å². The van der Waals surface area contributed by atoms with Crippen LogP contribution in [0.15, 0.2) is 60.7 Å². The van der Waals surface area contributed by atoms with E-state index < -0.39 is 137 Å². The van der Waals surface area contributed by atoms with Crippen LogP contribution in [0.25, 0.3) is 0 Å². The van der Waals surface area contributed by atoms with Crippen LogP contribution in [-0.4, -0.2) is 108 Å². The first kappa shape index (κ1) is 49.9. The third-order valence-electron chi connectivity index (χ3n) is 15.1. The van der Waals surface area contributed by atoms with Crippen molar-refractivity contribution in [3.63, 3.8) is 0 Å². The van der Waals surface area contributed by atoms with E-state index in [4.69, 9.17) is 28.1 Å². The topological polar surface area (TPSA) is 210 Å². The van der Waals surface area contributed by atoms with E-state index in [1.807, 2.05) is 33.9 Å². The number of carbonyl (C=O) groups excluding carboxylic acids is 6. The summed E-state index contributed by atoms with van der Waals surface area (Å²) in [6.45, 7) is 22.1. The van der Waals surface area contributed by atoms with Gasteiger partial charge in [-0.15, -0.1) is 0 Å². The molecule has 356 valence electrons. The van der Waals surface area contributed by atoms with Gasteiger partial charge in [-0.3, -0.25) is 14.4 Å². The molecule has 2 aromatic rings. The molecular formula is C49H67NO14Si. The van der Waals surface area contributed by atoms with E-state index in [-0.39, 0.29) is 18.6 Å². The molecule has 16 heteroatoms. The molecule has 2 bridgehead atoms. The first-order valence-corrected chi connectivity index (χ1v) is 25.3. The SMILES string of the molecule is CC(=O)O[C@@]12CO[C@@H]1C[C@H](O)[C@@]1(C)C(=O)C(=O)C3C(C)[C@@H](OC(=O)[C@H](O[Si](C)(C)C(C)(C)C)C(NC(=O)OC(C)(C)C)c4ccccc4)C[C@@](O)([C@@H](OC(=O)c4ccccc4)[C@H]21)C3(C)C. The standard InChI is InChI=1S/C49H67NO14Si/c1-27-31(60-42(56)37(64-65(12,13)45(6,7)8)35(29-20-16-14-17-21-29)50-43(57)63-44(3,4)5)25-49(58)40(61-41(55)30-22-18-15-19-23-30)38-47(11,39(54)36(53)34(27)46(49,9)10)32(52)24-33-48(38,26-59-33)62-28(2)51/h14-23,27,31-35,37-38,40,52,58H,24-26H2,1-13H3,(H,50,57)/t27?,31-,32-,33+,34?,35?,37+,38-,40-,47+,48-,49+/m0/s1. The summed E-state index contributed by atoms with van der Waals surface area (Å²) in [5.74, 6) is -8.44. The van der Waals surface area contributed by atoms with Crippen molar-refractivity contribution in [2.24, 2.45) is 28.6 Å². The van der Waals surface area contributed by atoms with Crippen LogP contribution < -0.4 is 5.32 Å². The number of esters is 3. The number of rotatable bonds is 10. The average Bonchev–Trinajstić information content (AvgIpc) is 3.20. The Hall–Kier alpha value is -4.48. The lowest BCUT2D eigenvalue weighted by Crippen LogP contribution is -2.82. The molecule has 65 heavy (non-hydrogen) atoms. The van der Waals surface area contributed by atoms with Crippen LogP contribution in [-0.2, 0) is 47.3 Å². The molecule has 15 nitrogen and oxygen atoms in total. The molecule has 1 amide bonds. The van der Waals surface area contributed by atoms with Crippen LogP contribution in [0.5, 0.6) is 0 Å². The van der Waals surface area contributed by atoms with Crippen molar-refractivity contribution in [3.8, 4) is 0 Å². The molecule has 3 aliphatic carbocycles. The van der Waals surface area contributed by atoms with Gasteiger partial charge in [0.2, 0.25) is 11.6 Å². The number of amides is 1. The molecular weight excluding hydrogens is 855 g/mol.